The molecule has 4 heteroatoms. The Balaban J connectivity index is 2.30. The van der Waals surface area contributed by atoms with Crippen molar-refractivity contribution in [2.75, 3.05) is 0 Å². The number of fused-ring (bicyclic) bond motifs is 1. The lowest BCUT2D eigenvalue weighted by atomic mass is 10.0. The first-order valence-electron chi connectivity index (χ1n) is 5.62. The van der Waals surface area contributed by atoms with Crippen molar-refractivity contribution < 1.29 is 0 Å². The normalized spacial score (nSPS) is 11.2. The van der Waals surface area contributed by atoms with Crippen molar-refractivity contribution in [1.82, 2.24) is 19.7 Å². The Bertz CT molecular complexity index is 691. The molecule has 0 aliphatic rings. The average Bonchev–Trinajstić information content (AvgIpc) is 2.89. The Labute approximate surface area is 99.3 Å². The molecule has 86 valence electrons. The van der Waals surface area contributed by atoms with Gasteiger partial charge in [0, 0.05) is 0 Å². The van der Waals surface area contributed by atoms with Gasteiger partial charge in [0.05, 0.1) is 11.9 Å². The third-order valence-corrected chi connectivity index (χ3v) is 3.44. The molecule has 1 aromatic carbocycles. The van der Waals surface area contributed by atoms with Crippen molar-refractivity contribution in [1.29, 1.82) is 0 Å². The third kappa shape index (κ3) is 1.37. The first-order valence-corrected chi connectivity index (χ1v) is 5.62. The van der Waals surface area contributed by atoms with Crippen LogP contribution in [0.1, 0.15) is 16.7 Å². The first-order chi connectivity index (χ1) is 8.18. The molecule has 17 heavy (non-hydrogen) atoms. The Hall–Kier alpha value is -2.10. The van der Waals surface area contributed by atoms with Crippen LogP contribution in [0.3, 0.4) is 0 Å². The average molecular weight is 226 g/mol. The fourth-order valence-electron chi connectivity index (χ4n) is 2.11. The summed E-state index contributed by atoms with van der Waals surface area (Å²) in [5, 5.41) is 6.99. The minimum atomic E-state index is 0.891. The van der Waals surface area contributed by atoms with Crippen LogP contribution in [-0.2, 0) is 0 Å². The lowest BCUT2D eigenvalue weighted by molar-refractivity contribution is 0.998. The van der Waals surface area contributed by atoms with Gasteiger partial charge in [-0.3, -0.25) is 9.67 Å². The van der Waals surface area contributed by atoms with Gasteiger partial charge >= 0.3 is 0 Å². The summed E-state index contributed by atoms with van der Waals surface area (Å²) in [7, 11) is 0. The van der Waals surface area contributed by atoms with Crippen LogP contribution in [0.2, 0.25) is 0 Å². The number of H-pyrrole nitrogens is 1. The molecule has 0 aliphatic carbocycles. The van der Waals surface area contributed by atoms with E-state index in [1.807, 2.05) is 10.9 Å². The number of nitrogens with one attached hydrogen (secondary N) is 1. The molecule has 0 saturated heterocycles. The highest BCUT2D eigenvalue weighted by Crippen LogP contribution is 2.23. The lowest BCUT2D eigenvalue weighted by Crippen LogP contribution is -1.99. The molecular formula is C13H14N4. The second-order valence-electron chi connectivity index (χ2n) is 4.37. The maximum absolute atomic E-state index is 4.32. The summed E-state index contributed by atoms with van der Waals surface area (Å²) in [4.78, 5) is 4.32. The van der Waals surface area contributed by atoms with Crippen LogP contribution in [0, 0.1) is 20.8 Å². The van der Waals surface area contributed by atoms with Crippen molar-refractivity contribution in [3.8, 4) is 5.69 Å². The van der Waals surface area contributed by atoms with Gasteiger partial charge in [0.25, 0.3) is 0 Å². The van der Waals surface area contributed by atoms with E-state index in [2.05, 4.69) is 48.1 Å². The molecular weight excluding hydrogens is 212 g/mol. The lowest BCUT2D eigenvalue weighted by Gasteiger charge is -2.11. The number of aryl methyl sites for hydroxylation is 1. The summed E-state index contributed by atoms with van der Waals surface area (Å²) in [6.07, 6.45) is 3.57. The van der Waals surface area contributed by atoms with E-state index in [-0.39, 0.29) is 0 Å². The number of benzene rings is 1. The van der Waals surface area contributed by atoms with E-state index in [1.165, 1.54) is 16.7 Å². The molecule has 0 radical (unpaired) electrons. The van der Waals surface area contributed by atoms with Crippen molar-refractivity contribution in [2.45, 2.75) is 20.8 Å². The van der Waals surface area contributed by atoms with Crippen LogP contribution in [0.4, 0.5) is 0 Å². The van der Waals surface area contributed by atoms with Crippen molar-refractivity contribution in [3.05, 3.63) is 41.3 Å². The number of hydrogen-bond acceptors (Lipinski definition) is 2. The van der Waals surface area contributed by atoms with E-state index in [0.717, 1.165) is 16.9 Å². The molecule has 3 aromatic rings. The number of hydrogen-bond donors (Lipinski definition) is 1. The van der Waals surface area contributed by atoms with Gasteiger partial charge in [0.2, 0.25) is 0 Å². The predicted molar refractivity (Wildman–Crippen MR) is 67.4 cm³/mol. The largest absolute Gasteiger partial charge is 0.283 e. The maximum Gasteiger partial charge on any atom is 0.160 e. The van der Waals surface area contributed by atoms with Crippen LogP contribution < -0.4 is 0 Å². The van der Waals surface area contributed by atoms with Gasteiger partial charge in [0.15, 0.2) is 5.65 Å². The van der Waals surface area contributed by atoms with Gasteiger partial charge in [-0.15, -0.1) is 0 Å². The summed E-state index contributed by atoms with van der Waals surface area (Å²) in [6.45, 7) is 6.42. The monoisotopic (exact) mass is 226 g/mol. The number of aromatic nitrogens is 4. The fourth-order valence-corrected chi connectivity index (χ4v) is 2.11. The highest BCUT2D eigenvalue weighted by atomic mass is 15.2. The van der Waals surface area contributed by atoms with E-state index in [1.54, 1.807) is 6.20 Å². The SMILES string of the molecule is Cc1ccc(-n2cnc3cn[nH]c32)c(C)c1C. The minimum Gasteiger partial charge on any atom is -0.283 e. The molecule has 0 unspecified atom stereocenters. The number of imidazole rings is 1. The zero-order valence-corrected chi connectivity index (χ0v) is 10.2. The standard InChI is InChI=1S/C13H14N4/c1-8-4-5-12(10(3)9(8)2)17-7-14-11-6-15-16-13(11)17/h4-7H,1-3H3,(H,15,16). The molecule has 0 spiro atoms. The zero-order chi connectivity index (χ0) is 12.0. The zero-order valence-electron chi connectivity index (χ0n) is 10.2. The molecule has 2 aromatic heterocycles. The molecule has 0 aliphatic heterocycles. The summed E-state index contributed by atoms with van der Waals surface area (Å²) < 4.78 is 2.05. The van der Waals surface area contributed by atoms with Crippen LogP contribution in [0.5, 0.6) is 0 Å². The summed E-state index contributed by atoms with van der Waals surface area (Å²) in [5.41, 5.74) is 6.90. The van der Waals surface area contributed by atoms with E-state index in [0.29, 0.717) is 0 Å². The van der Waals surface area contributed by atoms with E-state index < -0.39 is 0 Å². The third-order valence-electron chi connectivity index (χ3n) is 3.44. The fraction of sp³-hybridized carbons (Fsp3) is 0.231. The van der Waals surface area contributed by atoms with E-state index >= 15 is 0 Å². The smallest absolute Gasteiger partial charge is 0.160 e. The molecule has 0 fully saturated rings. The number of rotatable bonds is 1. The first kappa shape index (κ1) is 10.1. The number of aromatic amines is 1. The Morgan fingerprint density at radius 1 is 1.12 bits per heavy atom. The molecule has 3 rings (SSSR count). The van der Waals surface area contributed by atoms with Crippen LogP contribution in [0.25, 0.3) is 16.9 Å². The van der Waals surface area contributed by atoms with Crippen molar-refractivity contribution in [3.63, 3.8) is 0 Å². The second-order valence-corrected chi connectivity index (χ2v) is 4.37. The Morgan fingerprint density at radius 3 is 2.76 bits per heavy atom. The highest BCUT2D eigenvalue weighted by molar-refractivity contribution is 5.72. The van der Waals surface area contributed by atoms with Crippen LogP contribution >= 0.6 is 0 Å². The minimum absolute atomic E-state index is 0.891. The van der Waals surface area contributed by atoms with Gasteiger partial charge in [-0.1, -0.05) is 6.07 Å². The summed E-state index contributed by atoms with van der Waals surface area (Å²) in [5.74, 6) is 0. The number of nitrogens with zero attached hydrogens (tertiary/aromatic N) is 3. The van der Waals surface area contributed by atoms with Crippen LogP contribution in [-0.4, -0.2) is 19.7 Å². The van der Waals surface area contributed by atoms with Gasteiger partial charge < -0.3 is 0 Å². The predicted octanol–water partition coefficient (Wildman–Crippen LogP) is 2.67. The van der Waals surface area contributed by atoms with E-state index in [9.17, 15) is 0 Å². The second kappa shape index (κ2) is 3.45. The Morgan fingerprint density at radius 2 is 1.94 bits per heavy atom. The van der Waals surface area contributed by atoms with Gasteiger partial charge in [0.1, 0.15) is 11.8 Å². The summed E-state index contributed by atoms with van der Waals surface area (Å²) >= 11 is 0. The quantitative estimate of drug-likeness (QED) is 0.693. The van der Waals surface area contributed by atoms with Crippen molar-refractivity contribution in [2.24, 2.45) is 0 Å². The maximum atomic E-state index is 4.32. The van der Waals surface area contributed by atoms with Crippen molar-refractivity contribution >= 4 is 11.2 Å². The Kier molecular flexibility index (Phi) is 2.04. The molecule has 2 heterocycles. The molecule has 0 bridgehead atoms. The van der Waals surface area contributed by atoms with Gasteiger partial charge in [-0.25, -0.2) is 4.98 Å². The molecule has 0 saturated carbocycles. The van der Waals surface area contributed by atoms with Crippen LogP contribution in [0.15, 0.2) is 24.7 Å². The molecule has 0 amide bonds. The topological polar surface area (TPSA) is 46.5 Å². The molecule has 4 nitrogen and oxygen atoms in total. The van der Waals surface area contributed by atoms with Gasteiger partial charge in [-0.2, -0.15) is 5.10 Å². The molecule has 1 N–H and O–H groups in total. The highest BCUT2D eigenvalue weighted by Gasteiger charge is 2.10. The van der Waals surface area contributed by atoms with Gasteiger partial charge in [-0.05, 0) is 43.5 Å². The van der Waals surface area contributed by atoms with E-state index in [4.69, 9.17) is 0 Å². The summed E-state index contributed by atoms with van der Waals surface area (Å²) in [6, 6.07) is 4.26. The molecule has 0 atom stereocenters.